The topological polar surface area (TPSA) is 78.0 Å². The van der Waals surface area contributed by atoms with Crippen molar-refractivity contribution in [1.29, 1.82) is 0 Å². The number of hydrogen-bond donors (Lipinski definition) is 0. The second kappa shape index (κ2) is 5.98. The van der Waals surface area contributed by atoms with Gasteiger partial charge in [-0.15, -0.1) is 0 Å². The second-order valence-corrected chi connectivity index (χ2v) is 4.41. The van der Waals surface area contributed by atoms with E-state index in [4.69, 9.17) is 4.84 Å². The molecule has 20 heavy (non-hydrogen) atoms. The Hall–Kier alpha value is -1.99. The van der Waals surface area contributed by atoms with Gasteiger partial charge >= 0.3 is 11.9 Å². The third-order valence-corrected chi connectivity index (χ3v) is 3.20. The maximum atomic E-state index is 11.5. The normalized spacial score (nSPS) is 22.6. The zero-order valence-corrected chi connectivity index (χ0v) is 11.5. The summed E-state index contributed by atoms with van der Waals surface area (Å²) in [6, 6.07) is 1.51. The van der Waals surface area contributed by atoms with E-state index in [9.17, 15) is 9.59 Å². The van der Waals surface area contributed by atoms with Gasteiger partial charge in [0.05, 0.1) is 25.8 Å². The molecule has 0 bridgehead atoms. The van der Waals surface area contributed by atoms with Gasteiger partial charge in [0.2, 0.25) is 0 Å². The number of nitrogens with zero attached hydrogens (tertiary/aromatic N) is 2. The van der Waals surface area contributed by atoms with Gasteiger partial charge in [0.15, 0.2) is 6.10 Å². The van der Waals surface area contributed by atoms with Crippen LogP contribution in [0.5, 0.6) is 0 Å². The highest BCUT2D eigenvalue weighted by Crippen LogP contribution is 2.33. The number of carbonyl (C=O) groups is 2. The van der Waals surface area contributed by atoms with Crippen LogP contribution in [0.25, 0.3) is 0 Å². The maximum Gasteiger partial charge on any atom is 0.339 e. The highest BCUT2D eigenvalue weighted by Gasteiger charge is 2.37. The number of esters is 2. The third kappa shape index (κ3) is 2.78. The van der Waals surface area contributed by atoms with Crippen LogP contribution in [0.2, 0.25) is 0 Å². The highest BCUT2D eigenvalue weighted by atomic mass is 16.7. The van der Waals surface area contributed by atoms with Crippen molar-refractivity contribution in [3.05, 3.63) is 29.6 Å². The molecule has 1 aromatic heterocycles. The number of hydrogen-bond acceptors (Lipinski definition) is 7. The summed E-state index contributed by atoms with van der Waals surface area (Å²) in [6.07, 6.45) is 2.87. The van der Waals surface area contributed by atoms with E-state index in [1.165, 1.54) is 20.4 Å². The molecule has 0 saturated carbocycles. The van der Waals surface area contributed by atoms with E-state index in [1.54, 1.807) is 24.4 Å². The minimum atomic E-state index is -0.642. The van der Waals surface area contributed by atoms with Crippen LogP contribution < -0.4 is 0 Å². The van der Waals surface area contributed by atoms with Crippen LogP contribution in [0.3, 0.4) is 0 Å². The summed E-state index contributed by atoms with van der Waals surface area (Å²) in [5, 5.41) is 1.57. The fourth-order valence-corrected chi connectivity index (χ4v) is 2.15. The molecule has 1 fully saturated rings. The smallest absolute Gasteiger partial charge is 0.339 e. The van der Waals surface area contributed by atoms with Gasteiger partial charge in [-0.25, -0.2) is 9.59 Å². The lowest BCUT2D eigenvalue weighted by molar-refractivity contribution is -0.179. The number of aromatic nitrogens is 1. The van der Waals surface area contributed by atoms with Crippen molar-refractivity contribution in [3.8, 4) is 0 Å². The van der Waals surface area contributed by atoms with Gasteiger partial charge in [-0.3, -0.25) is 9.82 Å². The van der Waals surface area contributed by atoms with Crippen LogP contribution in [0, 0.1) is 0 Å². The average Bonchev–Trinajstić information content (AvgIpc) is 2.87. The average molecular weight is 280 g/mol. The van der Waals surface area contributed by atoms with Crippen molar-refractivity contribution in [2.45, 2.75) is 18.6 Å². The summed E-state index contributed by atoms with van der Waals surface area (Å²) >= 11 is 0. The van der Waals surface area contributed by atoms with E-state index in [0.29, 0.717) is 12.0 Å². The minimum absolute atomic E-state index is 0.170. The maximum absolute atomic E-state index is 11.5. The van der Waals surface area contributed by atoms with Crippen LogP contribution in [0.1, 0.15) is 28.4 Å². The molecule has 2 unspecified atom stereocenters. The Morgan fingerprint density at radius 3 is 2.75 bits per heavy atom. The minimum Gasteiger partial charge on any atom is -0.467 e. The summed E-state index contributed by atoms with van der Waals surface area (Å²) in [7, 11) is 4.35. The number of ether oxygens (including phenoxy) is 2. The molecule has 0 spiro atoms. The van der Waals surface area contributed by atoms with E-state index in [0.717, 1.165) is 5.56 Å². The molecule has 1 aliphatic heterocycles. The standard InChI is InChI=1S/C13H16N2O5/c1-15-10(5-11(20-15)13(17)19-3)8-4-9(7-14-6-8)12(16)18-2/h4,6-7,10-11H,5H2,1-3H3. The molecule has 0 N–H and O–H groups in total. The zero-order chi connectivity index (χ0) is 14.7. The first-order chi connectivity index (χ1) is 9.56. The molecule has 7 nitrogen and oxygen atoms in total. The summed E-state index contributed by atoms with van der Waals surface area (Å²) in [5.74, 6) is -0.873. The quantitative estimate of drug-likeness (QED) is 0.755. The first-order valence-electron chi connectivity index (χ1n) is 6.07. The molecule has 1 saturated heterocycles. The predicted octanol–water partition coefficient (Wildman–Crippen LogP) is 0.718. The first kappa shape index (κ1) is 14.4. The fourth-order valence-electron chi connectivity index (χ4n) is 2.15. The van der Waals surface area contributed by atoms with Gasteiger partial charge in [0.25, 0.3) is 0 Å². The molecule has 2 atom stereocenters. The van der Waals surface area contributed by atoms with Gasteiger partial charge in [-0.2, -0.15) is 5.06 Å². The molecule has 2 rings (SSSR count). The number of hydroxylamine groups is 2. The van der Waals surface area contributed by atoms with Gasteiger partial charge in [0.1, 0.15) is 0 Å². The van der Waals surface area contributed by atoms with Crippen LogP contribution in [0.15, 0.2) is 18.5 Å². The highest BCUT2D eigenvalue weighted by molar-refractivity contribution is 5.89. The molecular formula is C13H16N2O5. The number of carbonyl (C=O) groups excluding carboxylic acids is 2. The Bertz CT molecular complexity index is 519. The molecular weight excluding hydrogens is 264 g/mol. The van der Waals surface area contributed by atoms with Crippen molar-refractivity contribution in [2.75, 3.05) is 21.3 Å². The van der Waals surface area contributed by atoms with Crippen molar-refractivity contribution in [2.24, 2.45) is 0 Å². The van der Waals surface area contributed by atoms with Crippen LogP contribution in [0.4, 0.5) is 0 Å². The van der Waals surface area contributed by atoms with E-state index in [-0.39, 0.29) is 6.04 Å². The molecule has 1 aliphatic rings. The van der Waals surface area contributed by atoms with E-state index in [2.05, 4.69) is 14.5 Å². The fraction of sp³-hybridized carbons (Fsp3) is 0.462. The Kier molecular flexibility index (Phi) is 4.31. The van der Waals surface area contributed by atoms with Crippen molar-refractivity contribution in [1.82, 2.24) is 10.0 Å². The van der Waals surface area contributed by atoms with Gasteiger partial charge < -0.3 is 9.47 Å². The Balaban J connectivity index is 2.19. The number of rotatable bonds is 3. The molecule has 2 heterocycles. The van der Waals surface area contributed by atoms with E-state index in [1.807, 2.05) is 0 Å². The Morgan fingerprint density at radius 1 is 1.35 bits per heavy atom. The molecule has 0 aliphatic carbocycles. The number of methoxy groups -OCH3 is 2. The lowest BCUT2D eigenvalue weighted by Crippen LogP contribution is -2.23. The van der Waals surface area contributed by atoms with Gasteiger partial charge in [-0.1, -0.05) is 0 Å². The zero-order valence-electron chi connectivity index (χ0n) is 11.5. The van der Waals surface area contributed by atoms with Crippen molar-refractivity contribution < 1.29 is 23.9 Å². The monoisotopic (exact) mass is 280 g/mol. The SMILES string of the molecule is COC(=O)c1cncc(C2CC(C(=O)OC)ON2C)c1. The van der Waals surface area contributed by atoms with E-state index < -0.39 is 18.0 Å². The van der Waals surface area contributed by atoms with Gasteiger partial charge in [-0.05, 0) is 11.6 Å². The summed E-state index contributed by atoms with van der Waals surface area (Å²) < 4.78 is 9.33. The molecule has 0 radical (unpaired) electrons. The molecule has 7 heteroatoms. The van der Waals surface area contributed by atoms with E-state index >= 15 is 0 Å². The summed E-state index contributed by atoms with van der Waals surface area (Å²) in [4.78, 5) is 32.4. The Labute approximate surface area is 116 Å². The molecule has 1 aromatic rings. The summed E-state index contributed by atoms with van der Waals surface area (Å²) in [6.45, 7) is 0. The van der Waals surface area contributed by atoms with Crippen LogP contribution in [-0.2, 0) is 19.1 Å². The lowest BCUT2D eigenvalue weighted by atomic mass is 10.0. The van der Waals surface area contributed by atoms with Crippen molar-refractivity contribution in [3.63, 3.8) is 0 Å². The molecule has 0 amide bonds. The number of pyridine rings is 1. The third-order valence-electron chi connectivity index (χ3n) is 3.20. The largest absolute Gasteiger partial charge is 0.467 e. The molecule has 108 valence electrons. The Morgan fingerprint density at radius 2 is 2.10 bits per heavy atom. The first-order valence-corrected chi connectivity index (χ1v) is 6.07. The van der Waals surface area contributed by atoms with Gasteiger partial charge in [0, 0.05) is 25.9 Å². The summed E-state index contributed by atoms with van der Waals surface area (Å²) in [5.41, 5.74) is 1.14. The molecule has 0 aromatic carbocycles. The predicted molar refractivity (Wildman–Crippen MR) is 67.6 cm³/mol. The van der Waals surface area contributed by atoms with Crippen molar-refractivity contribution >= 4 is 11.9 Å². The van der Waals surface area contributed by atoms with Crippen LogP contribution >= 0.6 is 0 Å². The lowest BCUT2D eigenvalue weighted by Gasteiger charge is -2.17. The van der Waals surface area contributed by atoms with Crippen LogP contribution in [-0.4, -0.2) is 49.4 Å². The second-order valence-electron chi connectivity index (χ2n) is 4.41.